The molecule has 15 heavy (non-hydrogen) atoms. The maximum absolute atomic E-state index is 5.55. The fourth-order valence-corrected chi connectivity index (χ4v) is 1.96. The van der Waals surface area contributed by atoms with Crippen molar-refractivity contribution in [2.75, 3.05) is 39.3 Å². The molecule has 1 aliphatic heterocycles. The van der Waals surface area contributed by atoms with E-state index in [1.54, 1.807) is 0 Å². The normalized spacial score (nSPS) is 20.5. The molecule has 0 amide bonds. The first-order chi connectivity index (χ1) is 6.93. The van der Waals surface area contributed by atoms with Crippen LogP contribution in [0.5, 0.6) is 0 Å². The standard InChI is InChI=1S/C12H25N3/c1-11(9-13)10-14-5-7-15(8-6-14)12(2,3)4/h1,5-10,13H2,2-4H3. The summed E-state index contributed by atoms with van der Waals surface area (Å²) in [6.07, 6.45) is 0. The van der Waals surface area contributed by atoms with E-state index in [-0.39, 0.29) is 0 Å². The van der Waals surface area contributed by atoms with E-state index in [1.165, 1.54) is 0 Å². The van der Waals surface area contributed by atoms with Gasteiger partial charge in [0.05, 0.1) is 0 Å². The Hall–Kier alpha value is -0.380. The van der Waals surface area contributed by atoms with E-state index in [4.69, 9.17) is 5.73 Å². The van der Waals surface area contributed by atoms with Crippen LogP contribution in [-0.2, 0) is 0 Å². The van der Waals surface area contributed by atoms with Crippen LogP contribution in [0.4, 0.5) is 0 Å². The second-order valence-electron chi connectivity index (χ2n) is 5.39. The molecule has 0 aromatic heterocycles. The number of nitrogens with two attached hydrogens (primary N) is 1. The Labute approximate surface area is 93.9 Å². The van der Waals surface area contributed by atoms with Crippen LogP contribution in [0, 0.1) is 0 Å². The van der Waals surface area contributed by atoms with Gasteiger partial charge >= 0.3 is 0 Å². The van der Waals surface area contributed by atoms with Crippen LogP contribution in [0.2, 0.25) is 0 Å². The second-order valence-corrected chi connectivity index (χ2v) is 5.39. The van der Waals surface area contributed by atoms with Gasteiger partial charge in [0, 0.05) is 44.8 Å². The molecule has 1 fully saturated rings. The van der Waals surface area contributed by atoms with E-state index in [9.17, 15) is 0 Å². The zero-order chi connectivity index (χ0) is 11.5. The van der Waals surface area contributed by atoms with Gasteiger partial charge in [0.15, 0.2) is 0 Å². The van der Waals surface area contributed by atoms with Crippen LogP contribution in [-0.4, -0.2) is 54.6 Å². The van der Waals surface area contributed by atoms with Crippen LogP contribution < -0.4 is 5.73 Å². The van der Waals surface area contributed by atoms with Gasteiger partial charge in [-0.1, -0.05) is 6.58 Å². The molecule has 1 rings (SSSR count). The number of hydrogen-bond donors (Lipinski definition) is 1. The Bertz CT molecular complexity index is 209. The van der Waals surface area contributed by atoms with Crippen molar-refractivity contribution in [2.24, 2.45) is 5.73 Å². The monoisotopic (exact) mass is 211 g/mol. The topological polar surface area (TPSA) is 32.5 Å². The van der Waals surface area contributed by atoms with Crippen LogP contribution in [0.15, 0.2) is 12.2 Å². The predicted octanol–water partition coefficient (Wildman–Crippen LogP) is 0.917. The Balaban J connectivity index is 2.33. The van der Waals surface area contributed by atoms with Crippen molar-refractivity contribution >= 4 is 0 Å². The minimum absolute atomic E-state index is 0.303. The van der Waals surface area contributed by atoms with Gasteiger partial charge in [-0.25, -0.2) is 0 Å². The first-order valence-corrected chi connectivity index (χ1v) is 5.77. The highest BCUT2D eigenvalue weighted by molar-refractivity contribution is 4.99. The van der Waals surface area contributed by atoms with E-state index in [1.807, 2.05) is 0 Å². The molecule has 0 bridgehead atoms. The lowest BCUT2D eigenvalue weighted by Gasteiger charge is -2.42. The van der Waals surface area contributed by atoms with Crippen LogP contribution in [0.3, 0.4) is 0 Å². The molecule has 2 N–H and O–H groups in total. The minimum Gasteiger partial charge on any atom is -0.327 e. The summed E-state index contributed by atoms with van der Waals surface area (Å²) in [7, 11) is 0. The van der Waals surface area contributed by atoms with E-state index >= 15 is 0 Å². The third-order valence-corrected chi connectivity index (χ3v) is 3.06. The summed E-state index contributed by atoms with van der Waals surface area (Å²) in [6.45, 7) is 16.9. The quantitative estimate of drug-likeness (QED) is 0.705. The molecule has 0 spiro atoms. The molecule has 88 valence electrons. The summed E-state index contributed by atoms with van der Waals surface area (Å²) >= 11 is 0. The van der Waals surface area contributed by atoms with Gasteiger partial charge in [0.25, 0.3) is 0 Å². The van der Waals surface area contributed by atoms with Gasteiger partial charge in [-0.3, -0.25) is 9.80 Å². The Morgan fingerprint density at radius 1 is 1.20 bits per heavy atom. The van der Waals surface area contributed by atoms with Crippen LogP contribution >= 0.6 is 0 Å². The fourth-order valence-electron chi connectivity index (χ4n) is 1.96. The largest absolute Gasteiger partial charge is 0.327 e. The predicted molar refractivity (Wildman–Crippen MR) is 66.0 cm³/mol. The number of piperazine rings is 1. The van der Waals surface area contributed by atoms with Gasteiger partial charge < -0.3 is 5.73 Å². The Morgan fingerprint density at radius 3 is 2.13 bits per heavy atom. The zero-order valence-electron chi connectivity index (χ0n) is 10.4. The van der Waals surface area contributed by atoms with Crippen molar-refractivity contribution in [1.82, 2.24) is 9.80 Å². The molecule has 0 aliphatic carbocycles. The third kappa shape index (κ3) is 3.93. The molecule has 1 aliphatic rings. The van der Waals surface area contributed by atoms with E-state index in [0.29, 0.717) is 12.1 Å². The first-order valence-electron chi connectivity index (χ1n) is 5.77. The molecule has 1 heterocycles. The number of nitrogens with zero attached hydrogens (tertiary/aromatic N) is 2. The summed E-state index contributed by atoms with van der Waals surface area (Å²) in [5.74, 6) is 0. The third-order valence-electron chi connectivity index (χ3n) is 3.06. The summed E-state index contributed by atoms with van der Waals surface area (Å²) < 4.78 is 0. The molecule has 3 heteroatoms. The molecule has 1 saturated heterocycles. The lowest BCUT2D eigenvalue weighted by atomic mass is 10.0. The van der Waals surface area contributed by atoms with Crippen molar-refractivity contribution in [1.29, 1.82) is 0 Å². The summed E-state index contributed by atoms with van der Waals surface area (Å²) in [4.78, 5) is 4.98. The number of rotatable bonds is 3. The first kappa shape index (κ1) is 12.7. The van der Waals surface area contributed by atoms with Crippen molar-refractivity contribution in [3.05, 3.63) is 12.2 Å². The van der Waals surface area contributed by atoms with Gasteiger partial charge in [-0.15, -0.1) is 0 Å². The highest BCUT2D eigenvalue weighted by Crippen LogP contribution is 2.15. The Morgan fingerprint density at radius 2 is 1.73 bits per heavy atom. The molecule has 0 radical (unpaired) electrons. The fraction of sp³-hybridized carbons (Fsp3) is 0.833. The molecule has 0 saturated carbocycles. The van der Waals surface area contributed by atoms with E-state index in [0.717, 1.165) is 38.3 Å². The summed E-state index contributed by atoms with van der Waals surface area (Å²) in [6, 6.07) is 0. The maximum Gasteiger partial charge on any atom is 0.0203 e. The van der Waals surface area contributed by atoms with Gasteiger partial charge in [-0.05, 0) is 26.3 Å². The van der Waals surface area contributed by atoms with Crippen molar-refractivity contribution in [3.8, 4) is 0 Å². The molecular weight excluding hydrogens is 186 g/mol. The van der Waals surface area contributed by atoms with Gasteiger partial charge in [0.1, 0.15) is 0 Å². The van der Waals surface area contributed by atoms with E-state index < -0.39 is 0 Å². The summed E-state index contributed by atoms with van der Waals surface area (Å²) in [5, 5.41) is 0. The zero-order valence-corrected chi connectivity index (χ0v) is 10.4. The van der Waals surface area contributed by atoms with Crippen LogP contribution in [0.1, 0.15) is 20.8 Å². The highest BCUT2D eigenvalue weighted by atomic mass is 15.3. The maximum atomic E-state index is 5.55. The number of hydrogen-bond acceptors (Lipinski definition) is 3. The van der Waals surface area contributed by atoms with Crippen LogP contribution in [0.25, 0.3) is 0 Å². The molecule has 3 nitrogen and oxygen atoms in total. The lowest BCUT2D eigenvalue weighted by molar-refractivity contribution is 0.0663. The SMILES string of the molecule is C=C(CN)CN1CCN(C(C)(C)C)CC1. The molecule has 0 unspecified atom stereocenters. The van der Waals surface area contributed by atoms with E-state index in [2.05, 4.69) is 37.1 Å². The highest BCUT2D eigenvalue weighted by Gasteiger charge is 2.25. The average molecular weight is 211 g/mol. The molecule has 0 atom stereocenters. The molecular formula is C12H25N3. The average Bonchev–Trinajstić information content (AvgIpc) is 2.17. The molecule has 0 aromatic carbocycles. The van der Waals surface area contributed by atoms with Crippen molar-refractivity contribution < 1.29 is 0 Å². The van der Waals surface area contributed by atoms with Gasteiger partial charge in [0.2, 0.25) is 0 Å². The minimum atomic E-state index is 0.303. The van der Waals surface area contributed by atoms with Crippen molar-refractivity contribution in [3.63, 3.8) is 0 Å². The van der Waals surface area contributed by atoms with Gasteiger partial charge in [-0.2, -0.15) is 0 Å². The lowest BCUT2D eigenvalue weighted by Crippen LogP contribution is -2.53. The summed E-state index contributed by atoms with van der Waals surface area (Å²) in [5.41, 5.74) is 6.99. The molecule has 0 aromatic rings. The second kappa shape index (κ2) is 5.10. The van der Waals surface area contributed by atoms with Crippen molar-refractivity contribution in [2.45, 2.75) is 26.3 Å². The smallest absolute Gasteiger partial charge is 0.0203 e. The Kier molecular flexibility index (Phi) is 4.32.